The van der Waals surface area contributed by atoms with Gasteiger partial charge in [-0.3, -0.25) is 4.90 Å². The van der Waals surface area contributed by atoms with Crippen LogP contribution in [0.15, 0.2) is 48.5 Å². The van der Waals surface area contributed by atoms with Crippen LogP contribution in [-0.2, 0) is 18.8 Å². The molecule has 1 heterocycles. The predicted octanol–water partition coefficient (Wildman–Crippen LogP) is 3.01. The average molecular weight is 358 g/mol. The van der Waals surface area contributed by atoms with Gasteiger partial charge in [-0.2, -0.15) is 0 Å². The van der Waals surface area contributed by atoms with Crippen LogP contribution in [-0.4, -0.2) is 41.5 Å². The van der Waals surface area contributed by atoms with Crippen LogP contribution in [0, 0.1) is 0 Å². The second-order valence-electron chi connectivity index (χ2n) is 6.80. The SMILES string of the molecule is OCc1ccccc1C1(O)CCN(Cc2ccc(OCC[18F])cc2)CC1. The van der Waals surface area contributed by atoms with Crippen molar-refractivity contribution in [2.24, 2.45) is 0 Å². The fourth-order valence-electron chi connectivity index (χ4n) is 3.57. The number of rotatable bonds is 7. The fraction of sp³-hybridized carbons (Fsp3) is 0.429. The first kappa shape index (κ1) is 18.8. The maximum atomic E-state index is 12.1. The normalized spacial score (nSPS) is 17.2. The van der Waals surface area contributed by atoms with Crippen LogP contribution in [0.25, 0.3) is 0 Å². The molecule has 140 valence electrons. The Bertz CT molecular complexity index is 697. The Kier molecular flexibility index (Phi) is 6.25. The van der Waals surface area contributed by atoms with E-state index >= 15 is 0 Å². The van der Waals surface area contributed by atoms with Crippen molar-refractivity contribution in [2.75, 3.05) is 26.4 Å². The fourth-order valence-corrected chi connectivity index (χ4v) is 3.57. The van der Waals surface area contributed by atoms with Crippen LogP contribution in [0.4, 0.5) is 4.39 Å². The van der Waals surface area contributed by atoms with Gasteiger partial charge in [0.05, 0.1) is 12.2 Å². The first-order valence-electron chi connectivity index (χ1n) is 9.06. The lowest BCUT2D eigenvalue weighted by Gasteiger charge is -2.39. The summed E-state index contributed by atoms with van der Waals surface area (Å²) < 4.78 is 17.4. The van der Waals surface area contributed by atoms with Crippen molar-refractivity contribution in [3.8, 4) is 5.75 Å². The van der Waals surface area contributed by atoms with E-state index in [1.165, 1.54) is 5.56 Å². The number of benzene rings is 2. The highest BCUT2D eigenvalue weighted by Crippen LogP contribution is 2.35. The highest BCUT2D eigenvalue weighted by atomic mass is 18.2. The van der Waals surface area contributed by atoms with Gasteiger partial charge in [-0.25, -0.2) is 4.39 Å². The third-order valence-corrected chi connectivity index (χ3v) is 5.05. The number of halogens is 1. The Morgan fingerprint density at radius 1 is 1.04 bits per heavy atom. The number of nitrogens with zero attached hydrogens (tertiary/aromatic N) is 1. The lowest BCUT2D eigenvalue weighted by molar-refractivity contribution is -0.0290. The summed E-state index contributed by atoms with van der Waals surface area (Å²) in [5.74, 6) is 0.681. The molecule has 1 aliphatic heterocycles. The highest BCUT2D eigenvalue weighted by molar-refractivity contribution is 5.32. The molecule has 0 atom stereocenters. The molecule has 0 bridgehead atoms. The molecule has 5 heteroatoms. The van der Waals surface area contributed by atoms with E-state index in [0.29, 0.717) is 18.6 Å². The molecule has 26 heavy (non-hydrogen) atoms. The Balaban J connectivity index is 1.58. The smallest absolute Gasteiger partial charge is 0.123 e. The molecule has 0 saturated carbocycles. The molecule has 0 aliphatic carbocycles. The van der Waals surface area contributed by atoms with E-state index in [0.717, 1.165) is 30.8 Å². The highest BCUT2D eigenvalue weighted by Gasteiger charge is 2.35. The Hall–Kier alpha value is -1.95. The number of aliphatic hydroxyl groups excluding tert-OH is 1. The molecule has 0 aromatic heterocycles. The molecule has 0 radical (unpaired) electrons. The number of piperidine rings is 1. The molecule has 2 aromatic carbocycles. The molecule has 1 aliphatic rings. The summed E-state index contributed by atoms with van der Waals surface area (Å²) in [5.41, 5.74) is 1.93. The summed E-state index contributed by atoms with van der Waals surface area (Å²) in [6.45, 7) is 1.92. The Morgan fingerprint density at radius 3 is 2.38 bits per heavy atom. The Morgan fingerprint density at radius 2 is 1.73 bits per heavy atom. The number of hydrogen-bond acceptors (Lipinski definition) is 4. The molecular formula is C21H26FNO3. The summed E-state index contributed by atoms with van der Waals surface area (Å²) >= 11 is 0. The van der Waals surface area contributed by atoms with Gasteiger partial charge in [-0.05, 0) is 41.7 Å². The Labute approximate surface area is 153 Å². The minimum Gasteiger partial charge on any atom is -0.491 e. The zero-order chi connectivity index (χ0) is 18.4. The van der Waals surface area contributed by atoms with Gasteiger partial charge in [0.1, 0.15) is 19.0 Å². The molecule has 0 spiro atoms. The summed E-state index contributed by atoms with van der Waals surface area (Å²) in [4.78, 5) is 2.31. The predicted molar refractivity (Wildman–Crippen MR) is 98.7 cm³/mol. The van der Waals surface area contributed by atoms with E-state index < -0.39 is 12.3 Å². The number of likely N-dealkylation sites (tertiary alicyclic amines) is 1. The van der Waals surface area contributed by atoms with Gasteiger partial charge in [-0.1, -0.05) is 36.4 Å². The van der Waals surface area contributed by atoms with Gasteiger partial charge in [0.25, 0.3) is 0 Å². The van der Waals surface area contributed by atoms with Crippen molar-refractivity contribution in [2.45, 2.75) is 31.6 Å². The van der Waals surface area contributed by atoms with E-state index in [1.54, 1.807) is 0 Å². The van der Waals surface area contributed by atoms with Crippen molar-refractivity contribution < 1.29 is 19.3 Å². The zero-order valence-corrected chi connectivity index (χ0v) is 14.9. The van der Waals surface area contributed by atoms with Crippen LogP contribution in [0.2, 0.25) is 0 Å². The lowest BCUT2D eigenvalue weighted by atomic mass is 9.82. The molecule has 2 aromatic rings. The van der Waals surface area contributed by atoms with Crippen LogP contribution in [0.1, 0.15) is 29.5 Å². The first-order valence-corrected chi connectivity index (χ1v) is 9.06. The quantitative estimate of drug-likeness (QED) is 0.799. The topological polar surface area (TPSA) is 52.9 Å². The van der Waals surface area contributed by atoms with E-state index in [1.807, 2.05) is 48.5 Å². The number of alkyl halides is 1. The molecule has 1 fully saturated rings. The molecule has 3 rings (SSSR count). The second-order valence-corrected chi connectivity index (χ2v) is 6.80. The third kappa shape index (κ3) is 4.41. The minimum absolute atomic E-state index is 0.0565. The summed E-state index contributed by atoms with van der Waals surface area (Å²) in [6, 6.07) is 15.3. The average Bonchev–Trinajstić information content (AvgIpc) is 2.69. The van der Waals surface area contributed by atoms with Crippen molar-refractivity contribution in [1.82, 2.24) is 4.90 Å². The molecular weight excluding hydrogens is 332 g/mol. The number of hydrogen-bond donors (Lipinski definition) is 2. The van der Waals surface area contributed by atoms with Gasteiger partial charge in [0, 0.05) is 19.6 Å². The van der Waals surface area contributed by atoms with Crippen molar-refractivity contribution in [1.29, 1.82) is 0 Å². The van der Waals surface area contributed by atoms with Gasteiger partial charge < -0.3 is 14.9 Å². The summed E-state index contributed by atoms with van der Waals surface area (Å²) in [6.07, 6.45) is 1.28. The van der Waals surface area contributed by atoms with E-state index in [4.69, 9.17) is 4.74 Å². The van der Waals surface area contributed by atoms with Crippen LogP contribution < -0.4 is 4.74 Å². The van der Waals surface area contributed by atoms with E-state index in [-0.39, 0.29) is 13.2 Å². The largest absolute Gasteiger partial charge is 0.491 e. The standard InChI is InChI=1S/C21H26FNO3/c22-11-14-26-19-7-5-17(6-8-19)15-23-12-9-21(25,10-13-23)20-4-2-1-3-18(20)16-24/h1-8,24-25H,9-16H2/i22-1. The van der Waals surface area contributed by atoms with Gasteiger partial charge in [-0.15, -0.1) is 0 Å². The molecule has 0 unspecified atom stereocenters. The van der Waals surface area contributed by atoms with Gasteiger partial charge in [0.2, 0.25) is 0 Å². The molecule has 1 saturated heterocycles. The van der Waals surface area contributed by atoms with Crippen LogP contribution >= 0.6 is 0 Å². The van der Waals surface area contributed by atoms with E-state index in [2.05, 4.69) is 4.90 Å². The lowest BCUT2D eigenvalue weighted by Crippen LogP contribution is -2.42. The summed E-state index contributed by atoms with van der Waals surface area (Å²) in [5, 5.41) is 20.6. The van der Waals surface area contributed by atoms with Crippen molar-refractivity contribution in [3.05, 3.63) is 65.2 Å². The zero-order valence-electron chi connectivity index (χ0n) is 14.9. The van der Waals surface area contributed by atoms with Gasteiger partial charge >= 0.3 is 0 Å². The molecule has 2 N–H and O–H groups in total. The molecule has 4 nitrogen and oxygen atoms in total. The van der Waals surface area contributed by atoms with Gasteiger partial charge in [0.15, 0.2) is 0 Å². The number of ether oxygens (including phenoxy) is 1. The van der Waals surface area contributed by atoms with Crippen LogP contribution in [0.3, 0.4) is 0 Å². The number of aliphatic hydroxyl groups is 2. The maximum Gasteiger partial charge on any atom is 0.123 e. The van der Waals surface area contributed by atoms with Crippen LogP contribution in [0.5, 0.6) is 5.75 Å². The monoisotopic (exact) mass is 358 g/mol. The summed E-state index contributed by atoms with van der Waals surface area (Å²) in [7, 11) is 0. The van der Waals surface area contributed by atoms with Crippen molar-refractivity contribution in [3.63, 3.8) is 0 Å². The van der Waals surface area contributed by atoms with E-state index in [9.17, 15) is 14.6 Å². The minimum atomic E-state index is -0.875. The third-order valence-electron chi connectivity index (χ3n) is 5.05. The molecule has 0 amide bonds. The second kappa shape index (κ2) is 8.62. The first-order chi connectivity index (χ1) is 12.6. The van der Waals surface area contributed by atoms with Crippen molar-refractivity contribution >= 4 is 0 Å². The maximum absolute atomic E-state index is 12.1.